The van der Waals surface area contributed by atoms with E-state index in [1.165, 1.54) is 12.1 Å². The maximum Gasteiger partial charge on any atom is 0.433 e. The summed E-state index contributed by atoms with van der Waals surface area (Å²) < 4.78 is 38.3. The Morgan fingerprint density at radius 1 is 1.25 bits per heavy atom. The van der Waals surface area contributed by atoms with E-state index < -0.39 is 28.3 Å². The molecular weight excluding hydrogens is 329 g/mol. The van der Waals surface area contributed by atoms with Gasteiger partial charge in [-0.15, -0.1) is 0 Å². The van der Waals surface area contributed by atoms with Gasteiger partial charge in [0.1, 0.15) is 5.69 Å². The molecule has 2 aromatic rings. The third-order valence-corrected chi connectivity index (χ3v) is 3.35. The van der Waals surface area contributed by atoms with Crippen molar-refractivity contribution < 1.29 is 22.9 Å². The lowest BCUT2D eigenvalue weighted by molar-refractivity contribution is -0.384. The molecule has 1 aliphatic heterocycles. The van der Waals surface area contributed by atoms with Crippen LogP contribution in [0, 0.1) is 10.1 Å². The summed E-state index contributed by atoms with van der Waals surface area (Å²) in [5.41, 5.74) is -0.303. The number of nitro groups is 1. The molecule has 124 valence electrons. The third kappa shape index (κ3) is 2.98. The number of anilines is 3. The second-order valence-corrected chi connectivity index (χ2v) is 5.04. The Kier molecular flexibility index (Phi) is 3.59. The molecular formula is C14H9F3N4O3. The van der Waals surface area contributed by atoms with Gasteiger partial charge < -0.3 is 10.6 Å². The molecule has 0 radical (unpaired) electrons. The first-order valence-corrected chi connectivity index (χ1v) is 6.66. The number of alkyl halides is 3. The average molecular weight is 338 g/mol. The molecule has 1 aromatic carbocycles. The Morgan fingerprint density at radius 2 is 2.00 bits per heavy atom. The number of amides is 1. The molecule has 10 heteroatoms. The van der Waals surface area contributed by atoms with Crippen molar-refractivity contribution in [3.8, 4) is 0 Å². The Morgan fingerprint density at radius 3 is 2.67 bits per heavy atom. The van der Waals surface area contributed by atoms with Crippen molar-refractivity contribution in [1.29, 1.82) is 0 Å². The minimum absolute atomic E-state index is 0.128. The number of hydrogen-bond acceptors (Lipinski definition) is 5. The summed E-state index contributed by atoms with van der Waals surface area (Å²) in [7, 11) is 0. The molecule has 1 aliphatic rings. The van der Waals surface area contributed by atoms with Gasteiger partial charge in [-0.25, -0.2) is 4.98 Å². The standard InChI is InChI=1S/C14H9F3N4O3/c15-14(16,17)11-4-3-10(21(23)24)13(20-11)18-8-1-2-9-7(5-8)6-12(22)19-9/h1-5H,6H2,(H,18,20)(H,19,22). The number of carbonyl (C=O) groups excluding carboxylic acids is 1. The molecule has 0 saturated carbocycles. The van der Waals surface area contributed by atoms with Gasteiger partial charge in [0.25, 0.3) is 0 Å². The highest BCUT2D eigenvalue weighted by Gasteiger charge is 2.34. The molecule has 7 nitrogen and oxygen atoms in total. The molecule has 1 amide bonds. The molecule has 3 rings (SSSR count). The fourth-order valence-electron chi connectivity index (χ4n) is 2.29. The largest absolute Gasteiger partial charge is 0.433 e. The minimum atomic E-state index is -4.72. The summed E-state index contributed by atoms with van der Waals surface area (Å²) in [5, 5.41) is 16.1. The van der Waals surface area contributed by atoms with Crippen molar-refractivity contribution in [1.82, 2.24) is 4.98 Å². The highest BCUT2D eigenvalue weighted by Crippen LogP contribution is 2.34. The van der Waals surface area contributed by atoms with E-state index in [1.54, 1.807) is 6.07 Å². The van der Waals surface area contributed by atoms with Crippen LogP contribution in [-0.2, 0) is 17.4 Å². The lowest BCUT2D eigenvalue weighted by Gasteiger charge is -2.11. The van der Waals surface area contributed by atoms with Gasteiger partial charge in [0.05, 0.1) is 11.3 Å². The van der Waals surface area contributed by atoms with Crippen LogP contribution in [0.15, 0.2) is 30.3 Å². The van der Waals surface area contributed by atoms with Gasteiger partial charge in [-0.1, -0.05) is 0 Å². The van der Waals surface area contributed by atoms with E-state index in [1.807, 2.05) is 0 Å². The highest BCUT2D eigenvalue weighted by molar-refractivity contribution is 5.99. The van der Waals surface area contributed by atoms with Crippen LogP contribution in [0.3, 0.4) is 0 Å². The summed E-state index contributed by atoms with van der Waals surface area (Å²) in [6, 6.07) is 5.86. The summed E-state index contributed by atoms with van der Waals surface area (Å²) in [6.45, 7) is 0. The van der Waals surface area contributed by atoms with Crippen LogP contribution in [0.1, 0.15) is 11.3 Å². The summed E-state index contributed by atoms with van der Waals surface area (Å²) in [4.78, 5) is 24.8. The first-order valence-electron chi connectivity index (χ1n) is 6.66. The van der Waals surface area contributed by atoms with E-state index in [0.717, 1.165) is 6.07 Å². The maximum atomic E-state index is 12.8. The first kappa shape index (κ1) is 15.7. The molecule has 0 aliphatic carbocycles. The van der Waals surface area contributed by atoms with Crippen LogP contribution in [-0.4, -0.2) is 15.8 Å². The van der Waals surface area contributed by atoms with Crippen molar-refractivity contribution in [2.75, 3.05) is 10.6 Å². The van der Waals surface area contributed by atoms with Gasteiger partial charge in [0, 0.05) is 17.4 Å². The van der Waals surface area contributed by atoms with Crippen LogP contribution in [0.2, 0.25) is 0 Å². The second kappa shape index (κ2) is 5.48. The second-order valence-electron chi connectivity index (χ2n) is 5.04. The summed E-state index contributed by atoms with van der Waals surface area (Å²) >= 11 is 0. The van der Waals surface area contributed by atoms with Crippen molar-refractivity contribution in [3.05, 3.63) is 51.7 Å². The van der Waals surface area contributed by atoms with E-state index in [-0.39, 0.29) is 12.3 Å². The number of rotatable bonds is 3. The zero-order chi connectivity index (χ0) is 17.5. The van der Waals surface area contributed by atoms with E-state index in [4.69, 9.17) is 0 Å². The number of halogens is 3. The van der Waals surface area contributed by atoms with Crippen molar-refractivity contribution in [2.45, 2.75) is 12.6 Å². The summed E-state index contributed by atoms with van der Waals surface area (Å²) in [6.07, 6.45) is -4.59. The van der Waals surface area contributed by atoms with E-state index >= 15 is 0 Å². The Labute approximate surface area is 132 Å². The molecule has 0 spiro atoms. The number of hydrogen-bond donors (Lipinski definition) is 2. The van der Waals surface area contributed by atoms with Crippen molar-refractivity contribution in [3.63, 3.8) is 0 Å². The average Bonchev–Trinajstić information content (AvgIpc) is 2.85. The fraction of sp³-hybridized carbons (Fsp3) is 0.143. The molecule has 0 fully saturated rings. The molecule has 2 N–H and O–H groups in total. The molecule has 0 bridgehead atoms. The number of aromatic nitrogens is 1. The Bertz CT molecular complexity index is 852. The molecule has 0 atom stereocenters. The van der Waals surface area contributed by atoms with Gasteiger partial charge in [0.15, 0.2) is 0 Å². The molecule has 24 heavy (non-hydrogen) atoms. The zero-order valence-electron chi connectivity index (χ0n) is 11.8. The zero-order valence-corrected chi connectivity index (χ0v) is 11.8. The molecule has 1 aromatic heterocycles. The topological polar surface area (TPSA) is 97.2 Å². The van der Waals surface area contributed by atoms with Crippen LogP contribution in [0.5, 0.6) is 0 Å². The van der Waals surface area contributed by atoms with Gasteiger partial charge in [0.2, 0.25) is 11.7 Å². The lowest BCUT2D eigenvalue weighted by atomic mass is 10.1. The van der Waals surface area contributed by atoms with Crippen LogP contribution in [0.4, 0.5) is 36.1 Å². The third-order valence-electron chi connectivity index (χ3n) is 3.35. The lowest BCUT2D eigenvalue weighted by Crippen LogP contribution is -2.10. The number of benzene rings is 1. The number of pyridine rings is 1. The number of carbonyl (C=O) groups is 1. The number of nitrogens with one attached hydrogen (secondary N) is 2. The van der Waals surface area contributed by atoms with Gasteiger partial charge in [-0.05, 0) is 29.8 Å². The monoisotopic (exact) mass is 338 g/mol. The first-order chi connectivity index (χ1) is 11.2. The van der Waals surface area contributed by atoms with E-state index in [0.29, 0.717) is 23.0 Å². The number of nitrogens with zero attached hydrogens (tertiary/aromatic N) is 2. The Hall–Kier alpha value is -3.17. The quantitative estimate of drug-likeness (QED) is 0.661. The minimum Gasteiger partial charge on any atom is -0.334 e. The van der Waals surface area contributed by atoms with Crippen LogP contribution < -0.4 is 10.6 Å². The predicted octanol–water partition coefficient (Wildman–Crippen LogP) is 3.25. The molecule has 0 unspecified atom stereocenters. The SMILES string of the molecule is O=C1Cc2cc(Nc3nc(C(F)(F)F)ccc3[N+](=O)[O-])ccc2N1. The van der Waals surface area contributed by atoms with Gasteiger partial charge in [-0.2, -0.15) is 13.2 Å². The number of fused-ring (bicyclic) bond motifs is 1. The molecule has 0 saturated heterocycles. The smallest absolute Gasteiger partial charge is 0.334 e. The van der Waals surface area contributed by atoms with Crippen LogP contribution in [0.25, 0.3) is 0 Å². The van der Waals surface area contributed by atoms with Gasteiger partial charge >= 0.3 is 11.9 Å². The molecule has 2 heterocycles. The Balaban J connectivity index is 1.98. The highest BCUT2D eigenvalue weighted by atomic mass is 19.4. The van der Waals surface area contributed by atoms with Crippen molar-refractivity contribution >= 4 is 28.8 Å². The van der Waals surface area contributed by atoms with Gasteiger partial charge in [-0.3, -0.25) is 14.9 Å². The predicted molar refractivity (Wildman–Crippen MR) is 78.0 cm³/mol. The van der Waals surface area contributed by atoms with Crippen LogP contribution >= 0.6 is 0 Å². The van der Waals surface area contributed by atoms with Crippen molar-refractivity contribution in [2.24, 2.45) is 0 Å². The van der Waals surface area contributed by atoms with E-state index in [2.05, 4.69) is 15.6 Å². The maximum absolute atomic E-state index is 12.8. The fourth-order valence-corrected chi connectivity index (χ4v) is 2.29. The normalized spacial score (nSPS) is 13.4. The van der Waals surface area contributed by atoms with E-state index in [9.17, 15) is 28.1 Å². The summed E-state index contributed by atoms with van der Waals surface area (Å²) in [5.74, 6) is -0.725.